The van der Waals surface area contributed by atoms with Crippen LogP contribution >= 0.6 is 15.9 Å². The molecule has 0 spiro atoms. The molecular weight excluding hydrogens is 412 g/mol. The second-order valence-corrected chi connectivity index (χ2v) is 8.61. The summed E-state index contributed by atoms with van der Waals surface area (Å²) >= 11 is 3.51. The van der Waals surface area contributed by atoms with E-state index < -0.39 is 5.60 Å². The molecule has 0 aromatic heterocycles. The van der Waals surface area contributed by atoms with Crippen molar-refractivity contribution < 1.29 is 14.3 Å². The van der Waals surface area contributed by atoms with Crippen LogP contribution in [0.1, 0.15) is 26.3 Å². The molecular formula is C19H27BrN4O3. The highest BCUT2D eigenvalue weighted by atomic mass is 79.9. The molecule has 0 bridgehead atoms. The summed E-state index contributed by atoms with van der Waals surface area (Å²) in [4.78, 5) is 21.0. The van der Waals surface area contributed by atoms with Crippen LogP contribution in [-0.4, -0.2) is 66.8 Å². The van der Waals surface area contributed by atoms with Crippen LogP contribution in [0.5, 0.6) is 5.75 Å². The fraction of sp³-hybridized carbons (Fsp3) is 0.579. The largest absolute Gasteiger partial charge is 0.496 e. The van der Waals surface area contributed by atoms with Gasteiger partial charge < -0.3 is 24.6 Å². The summed E-state index contributed by atoms with van der Waals surface area (Å²) in [5.41, 5.74) is 0.668. The molecule has 2 aliphatic rings. The summed E-state index contributed by atoms with van der Waals surface area (Å²) in [6, 6.07) is 6.22. The van der Waals surface area contributed by atoms with Gasteiger partial charge in [-0.25, -0.2) is 4.79 Å². The number of guanidine groups is 1. The third-order valence-electron chi connectivity index (χ3n) is 4.53. The third-order valence-corrected chi connectivity index (χ3v) is 5.14. The van der Waals surface area contributed by atoms with Crippen molar-refractivity contribution in [3.05, 3.63) is 28.2 Å². The number of piperazine rings is 1. The number of hydrogen-bond acceptors (Lipinski definition) is 6. The minimum absolute atomic E-state index is 0.205. The summed E-state index contributed by atoms with van der Waals surface area (Å²) < 4.78 is 11.7. The molecule has 2 aliphatic heterocycles. The average Bonchev–Trinajstić information content (AvgIpc) is 3.01. The van der Waals surface area contributed by atoms with Crippen LogP contribution in [0, 0.1) is 0 Å². The van der Waals surface area contributed by atoms with Gasteiger partial charge in [0.15, 0.2) is 5.96 Å². The van der Waals surface area contributed by atoms with E-state index in [9.17, 15) is 4.79 Å². The van der Waals surface area contributed by atoms with Crippen molar-refractivity contribution in [2.75, 3.05) is 33.3 Å². The zero-order valence-corrected chi connectivity index (χ0v) is 17.9. The Morgan fingerprint density at radius 3 is 2.81 bits per heavy atom. The number of aliphatic imine (C=N–C) groups is 1. The summed E-state index contributed by atoms with van der Waals surface area (Å²) in [5.74, 6) is 1.71. The van der Waals surface area contributed by atoms with Crippen LogP contribution in [0.2, 0.25) is 0 Å². The number of methoxy groups -OCH3 is 1. The molecule has 0 radical (unpaired) electrons. The topological polar surface area (TPSA) is 66.4 Å². The van der Waals surface area contributed by atoms with Gasteiger partial charge >= 0.3 is 6.09 Å². The van der Waals surface area contributed by atoms with Gasteiger partial charge in [0.1, 0.15) is 11.4 Å². The summed E-state index contributed by atoms with van der Waals surface area (Å²) in [6.45, 7) is 9.06. The molecule has 27 heavy (non-hydrogen) atoms. The van der Waals surface area contributed by atoms with E-state index in [-0.39, 0.29) is 12.1 Å². The first kappa shape index (κ1) is 19.8. The first-order chi connectivity index (χ1) is 12.8. The lowest BCUT2D eigenvalue weighted by molar-refractivity contribution is 0.0137. The second kappa shape index (κ2) is 7.96. The van der Waals surface area contributed by atoms with Gasteiger partial charge in [0.25, 0.3) is 0 Å². The highest BCUT2D eigenvalue weighted by Gasteiger charge is 2.36. The lowest BCUT2D eigenvalue weighted by Crippen LogP contribution is -2.57. The molecule has 1 aromatic carbocycles. The van der Waals surface area contributed by atoms with Gasteiger partial charge in [-0.1, -0.05) is 6.07 Å². The van der Waals surface area contributed by atoms with E-state index >= 15 is 0 Å². The maximum Gasteiger partial charge on any atom is 0.410 e. The number of carbonyl (C=O) groups is 1. The van der Waals surface area contributed by atoms with Crippen LogP contribution < -0.4 is 10.1 Å². The van der Waals surface area contributed by atoms with Crippen LogP contribution in [0.15, 0.2) is 27.7 Å². The number of ether oxygens (including phenoxy) is 2. The van der Waals surface area contributed by atoms with E-state index in [4.69, 9.17) is 9.47 Å². The number of hydrogen-bond donors (Lipinski definition) is 1. The summed E-state index contributed by atoms with van der Waals surface area (Å²) in [7, 11) is 1.66. The number of carbonyl (C=O) groups excluding carboxylic acids is 1. The Balaban J connectivity index is 1.53. The highest BCUT2D eigenvalue weighted by molar-refractivity contribution is 9.10. The van der Waals surface area contributed by atoms with Crippen molar-refractivity contribution in [1.82, 2.24) is 15.1 Å². The van der Waals surface area contributed by atoms with Crippen LogP contribution in [0.3, 0.4) is 0 Å². The summed E-state index contributed by atoms with van der Waals surface area (Å²) in [5, 5.41) is 3.42. The van der Waals surface area contributed by atoms with Gasteiger partial charge in [0.05, 0.1) is 24.2 Å². The van der Waals surface area contributed by atoms with E-state index in [1.54, 1.807) is 12.0 Å². The van der Waals surface area contributed by atoms with Crippen LogP contribution in [0.25, 0.3) is 0 Å². The fourth-order valence-corrected chi connectivity index (χ4v) is 3.81. The standard InChI is InChI=1S/C19H27BrN4O3/c1-19(2,3)27-18(25)23-7-8-24-14(12-23)11-22-17(24)21-10-13-5-6-16(26-4)15(20)9-13/h5-6,9,14H,7-8,10-12H2,1-4H3,(H,21,22). The number of rotatable bonds is 3. The maximum atomic E-state index is 12.3. The van der Waals surface area contributed by atoms with E-state index in [1.807, 2.05) is 39.0 Å². The number of benzene rings is 1. The van der Waals surface area contributed by atoms with Gasteiger partial charge in [-0.15, -0.1) is 0 Å². The normalized spacial score (nSPS) is 19.4. The van der Waals surface area contributed by atoms with Crippen molar-refractivity contribution in [2.45, 2.75) is 39.0 Å². The van der Waals surface area contributed by atoms with Crippen molar-refractivity contribution >= 4 is 28.0 Å². The number of nitrogens with one attached hydrogen (secondary N) is 1. The highest BCUT2D eigenvalue weighted by Crippen LogP contribution is 2.25. The number of fused-ring (bicyclic) bond motifs is 1. The first-order valence-corrected chi connectivity index (χ1v) is 9.91. The van der Waals surface area contributed by atoms with Gasteiger partial charge in [-0.3, -0.25) is 4.99 Å². The predicted octanol–water partition coefficient (Wildman–Crippen LogP) is 2.84. The van der Waals surface area contributed by atoms with Crippen molar-refractivity contribution in [1.29, 1.82) is 0 Å². The molecule has 1 fully saturated rings. The van der Waals surface area contributed by atoms with Gasteiger partial charge in [-0.05, 0) is 54.4 Å². The number of halogens is 1. The van der Waals surface area contributed by atoms with Crippen molar-refractivity contribution in [3.8, 4) is 5.75 Å². The SMILES string of the molecule is COc1ccc(CNC2=NCC3CN(C(=O)OC(C)(C)C)CCN23)cc1Br. The molecule has 1 amide bonds. The Morgan fingerprint density at radius 1 is 1.37 bits per heavy atom. The molecule has 3 rings (SSSR count). The minimum Gasteiger partial charge on any atom is -0.496 e. The average molecular weight is 439 g/mol. The van der Waals surface area contributed by atoms with Crippen LogP contribution in [0.4, 0.5) is 4.79 Å². The molecule has 1 aromatic rings. The van der Waals surface area contributed by atoms with Crippen LogP contribution in [-0.2, 0) is 11.3 Å². The van der Waals surface area contributed by atoms with E-state index in [0.717, 1.165) is 28.3 Å². The molecule has 0 saturated carbocycles. The zero-order valence-electron chi connectivity index (χ0n) is 16.3. The Bertz CT molecular complexity index is 732. The fourth-order valence-electron chi connectivity index (χ4n) is 3.22. The van der Waals surface area contributed by atoms with Gasteiger partial charge in [0, 0.05) is 26.2 Å². The Hall–Kier alpha value is -1.96. The lowest BCUT2D eigenvalue weighted by atomic mass is 10.2. The predicted molar refractivity (Wildman–Crippen MR) is 108 cm³/mol. The number of nitrogens with zero attached hydrogens (tertiary/aromatic N) is 3. The third kappa shape index (κ3) is 4.86. The lowest BCUT2D eigenvalue weighted by Gasteiger charge is -2.39. The molecule has 7 nitrogen and oxygen atoms in total. The summed E-state index contributed by atoms with van der Waals surface area (Å²) in [6.07, 6.45) is -0.244. The monoisotopic (exact) mass is 438 g/mol. The van der Waals surface area contributed by atoms with Crippen molar-refractivity contribution in [3.63, 3.8) is 0 Å². The number of amides is 1. The quantitative estimate of drug-likeness (QED) is 0.785. The Labute approximate surface area is 168 Å². The smallest absolute Gasteiger partial charge is 0.410 e. The minimum atomic E-state index is -0.472. The molecule has 2 heterocycles. The molecule has 1 unspecified atom stereocenters. The Morgan fingerprint density at radius 2 is 2.15 bits per heavy atom. The van der Waals surface area contributed by atoms with E-state index in [0.29, 0.717) is 26.2 Å². The van der Waals surface area contributed by atoms with E-state index in [2.05, 4.69) is 31.1 Å². The second-order valence-electron chi connectivity index (χ2n) is 7.76. The molecule has 1 atom stereocenters. The van der Waals surface area contributed by atoms with Crippen molar-refractivity contribution in [2.24, 2.45) is 4.99 Å². The van der Waals surface area contributed by atoms with E-state index in [1.165, 1.54) is 0 Å². The zero-order chi connectivity index (χ0) is 19.6. The molecule has 1 saturated heterocycles. The molecule has 0 aliphatic carbocycles. The Kier molecular flexibility index (Phi) is 5.83. The molecule has 8 heteroatoms. The molecule has 1 N–H and O–H groups in total. The first-order valence-electron chi connectivity index (χ1n) is 9.12. The van der Waals surface area contributed by atoms with Gasteiger partial charge in [-0.2, -0.15) is 0 Å². The van der Waals surface area contributed by atoms with Gasteiger partial charge in [0.2, 0.25) is 0 Å². The molecule has 148 valence electrons. The maximum absolute atomic E-state index is 12.3.